The Hall–Kier alpha value is -2.26. The second kappa shape index (κ2) is 8.02. The molecule has 1 heterocycles. The molecule has 1 fully saturated rings. The maximum atomic E-state index is 11.3. The molecule has 1 rings (SSSR count). The first-order valence-electron chi connectivity index (χ1n) is 5.90. The molecule has 1 aliphatic rings. The summed E-state index contributed by atoms with van der Waals surface area (Å²) in [5.74, 6) is -1.15. The fourth-order valence-electron chi connectivity index (χ4n) is 1.42. The zero-order chi connectivity index (χ0) is 15.0. The van der Waals surface area contributed by atoms with E-state index in [4.69, 9.17) is 9.94 Å². The standard InChI is InChI=1S/C11H16N4O5/c1-12-15(19)8-13-5-4-11(18)20-7-6-14-9(16)2-3-10(14)17/h4-5,8,12,19H,2-3,6-7H2,1H3/b5-4+,13-8?. The predicted octanol–water partition coefficient (Wildman–Crippen LogP) is -0.954. The van der Waals surface area contributed by atoms with Crippen molar-refractivity contribution in [1.82, 2.24) is 15.5 Å². The van der Waals surface area contributed by atoms with Crippen LogP contribution in [0.15, 0.2) is 17.3 Å². The third kappa shape index (κ3) is 5.16. The van der Waals surface area contributed by atoms with Crippen LogP contribution in [0.2, 0.25) is 0 Å². The number of aliphatic imine (C=N–C) groups is 1. The topological polar surface area (TPSA) is 112 Å². The molecular weight excluding hydrogens is 268 g/mol. The Kier molecular flexibility index (Phi) is 6.33. The van der Waals surface area contributed by atoms with Gasteiger partial charge < -0.3 is 4.74 Å². The molecule has 2 N–H and O–H groups in total. The summed E-state index contributed by atoms with van der Waals surface area (Å²) in [6.45, 7) is -0.00229. The van der Waals surface area contributed by atoms with Gasteiger partial charge in [-0.1, -0.05) is 0 Å². The smallest absolute Gasteiger partial charge is 0.332 e. The minimum atomic E-state index is -0.657. The average molecular weight is 284 g/mol. The zero-order valence-corrected chi connectivity index (χ0v) is 11.0. The zero-order valence-electron chi connectivity index (χ0n) is 11.0. The lowest BCUT2D eigenvalue weighted by Crippen LogP contribution is -2.32. The number of nitrogens with zero attached hydrogens (tertiary/aromatic N) is 3. The Labute approximate surface area is 115 Å². The summed E-state index contributed by atoms with van der Waals surface area (Å²) in [7, 11) is 1.48. The highest BCUT2D eigenvalue weighted by Gasteiger charge is 2.28. The fraction of sp³-hybridized carbons (Fsp3) is 0.455. The minimum absolute atomic E-state index is 0.0602. The van der Waals surface area contributed by atoms with Gasteiger partial charge in [0.05, 0.1) is 6.54 Å². The lowest BCUT2D eigenvalue weighted by atomic mass is 10.4. The molecule has 0 atom stereocenters. The first-order valence-corrected chi connectivity index (χ1v) is 5.90. The fourth-order valence-corrected chi connectivity index (χ4v) is 1.42. The van der Waals surface area contributed by atoms with Gasteiger partial charge in [0.25, 0.3) is 0 Å². The van der Waals surface area contributed by atoms with Gasteiger partial charge in [-0.15, -0.1) is 0 Å². The molecule has 0 aliphatic carbocycles. The van der Waals surface area contributed by atoms with Crippen molar-refractivity contribution in [2.24, 2.45) is 4.99 Å². The molecule has 1 aliphatic heterocycles. The third-order valence-corrected chi connectivity index (χ3v) is 2.42. The lowest BCUT2D eigenvalue weighted by Gasteiger charge is -2.12. The summed E-state index contributed by atoms with van der Waals surface area (Å²) in [5, 5.41) is 9.49. The summed E-state index contributed by atoms with van der Waals surface area (Å²) < 4.78 is 4.80. The van der Waals surface area contributed by atoms with Crippen LogP contribution in [0, 0.1) is 0 Å². The van der Waals surface area contributed by atoms with Crippen molar-refractivity contribution in [2.45, 2.75) is 12.8 Å². The normalized spacial score (nSPS) is 15.6. The summed E-state index contributed by atoms with van der Waals surface area (Å²) in [4.78, 5) is 38.4. The summed E-state index contributed by atoms with van der Waals surface area (Å²) in [6, 6.07) is 0. The van der Waals surface area contributed by atoms with Gasteiger partial charge in [0.2, 0.25) is 11.8 Å². The summed E-state index contributed by atoms with van der Waals surface area (Å²) >= 11 is 0. The third-order valence-electron chi connectivity index (χ3n) is 2.42. The number of nitrogens with one attached hydrogen (secondary N) is 1. The van der Waals surface area contributed by atoms with E-state index in [2.05, 4.69) is 10.4 Å². The Morgan fingerprint density at radius 1 is 1.50 bits per heavy atom. The Balaban J connectivity index is 2.23. The number of hydrogen-bond acceptors (Lipinski definition) is 7. The maximum Gasteiger partial charge on any atom is 0.332 e. The van der Waals surface area contributed by atoms with Crippen LogP contribution in [-0.2, 0) is 19.1 Å². The molecule has 110 valence electrons. The summed E-state index contributed by atoms with van der Waals surface area (Å²) in [5.41, 5.74) is 2.35. The van der Waals surface area contributed by atoms with Crippen LogP contribution in [0.1, 0.15) is 12.8 Å². The van der Waals surface area contributed by atoms with Crippen molar-refractivity contribution >= 4 is 24.1 Å². The van der Waals surface area contributed by atoms with Crippen LogP contribution < -0.4 is 5.43 Å². The highest BCUT2D eigenvalue weighted by atomic mass is 16.5. The van der Waals surface area contributed by atoms with Crippen LogP contribution >= 0.6 is 0 Å². The number of esters is 1. The number of imide groups is 1. The molecule has 9 heteroatoms. The van der Waals surface area contributed by atoms with Crippen LogP contribution in [0.4, 0.5) is 0 Å². The first kappa shape index (κ1) is 15.8. The predicted molar refractivity (Wildman–Crippen MR) is 67.2 cm³/mol. The van der Waals surface area contributed by atoms with Gasteiger partial charge in [0.15, 0.2) is 0 Å². The molecule has 0 aromatic carbocycles. The lowest BCUT2D eigenvalue weighted by molar-refractivity contribution is -0.144. The van der Waals surface area contributed by atoms with E-state index >= 15 is 0 Å². The van der Waals surface area contributed by atoms with Gasteiger partial charge in [-0.2, -0.15) is 5.17 Å². The molecule has 2 amide bonds. The van der Waals surface area contributed by atoms with Gasteiger partial charge in [-0.05, 0) is 0 Å². The van der Waals surface area contributed by atoms with E-state index in [1.807, 2.05) is 0 Å². The SMILES string of the molecule is CNN(O)C=N/C=C/C(=O)OCCN1C(=O)CCC1=O. The Morgan fingerprint density at radius 2 is 2.15 bits per heavy atom. The van der Waals surface area contributed by atoms with Gasteiger partial charge in [-0.3, -0.25) is 19.7 Å². The van der Waals surface area contributed by atoms with E-state index in [1.54, 1.807) is 0 Å². The van der Waals surface area contributed by atoms with Crippen molar-refractivity contribution < 1.29 is 24.3 Å². The largest absolute Gasteiger partial charge is 0.461 e. The monoisotopic (exact) mass is 284 g/mol. The molecule has 0 unspecified atom stereocenters. The Bertz CT molecular complexity index is 419. The second-order valence-electron chi connectivity index (χ2n) is 3.76. The number of hydroxylamine groups is 1. The number of carbonyl (C=O) groups is 3. The van der Waals surface area contributed by atoms with Crippen LogP contribution in [0.3, 0.4) is 0 Å². The number of hydrogen-bond donors (Lipinski definition) is 2. The molecule has 0 radical (unpaired) electrons. The average Bonchev–Trinajstić information content (AvgIpc) is 2.75. The van der Waals surface area contributed by atoms with Gasteiger partial charge in [0.1, 0.15) is 12.9 Å². The quantitative estimate of drug-likeness (QED) is 0.155. The van der Waals surface area contributed by atoms with Crippen molar-refractivity contribution in [3.8, 4) is 0 Å². The van der Waals surface area contributed by atoms with Crippen LogP contribution in [0.25, 0.3) is 0 Å². The summed E-state index contributed by atoms with van der Waals surface area (Å²) in [6.07, 6.45) is 3.64. The van der Waals surface area contributed by atoms with Gasteiger partial charge in [0, 0.05) is 32.2 Å². The molecule has 9 nitrogen and oxygen atoms in total. The number of likely N-dealkylation sites (tertiary alicyclic amines) is 1. The minimum Gasteiger partial charge on any atom is -0.461 e. The van der Waals surface area contributed by atoms with Crippen molar-refractivity contribution in [3.05, 3.63) is 12.3 Å². The highest BCUT2D eigenvalue weighted by molar-refractivity contribution is 6.01. The number of hydrazine groups is 1. The molecule has 20 heavy (non-hydrogen) atoms. The molecular formula is C11H16N4O5. The van der Waals surface area contributed by atoms with Crippen molar-refractivity contribution in [3.63, 3.8) is 0 Å². The van der Waals surface area contributed by atoms with E-state index < -0.39 is 5.97 Å². The maximum absolute atomic E-state index is 11.3. The van der Waals surface area contributed by atoms with E-state index in [0.717, 1.165) is 23.5 Å². The molecule has 0 saturated carbocycles. The second-order valence-corrected chi connectivity index (χ2v) is 3.76. The van der Waals surface area contributed by atoms with Crippen molar-refractivity contribution in [1.29, 1.82) is 0 Å². The molecule has 0 spiro atoms. The van der Waals surface area contributed by atoms with E-state index in [1.165, 1.54) is 7.05 Å². The number of rotatable bonds is 7. The number of carbonyl (C=O) groups excluding carboxylic acids is 3. The van der Waals surface area contributed by atoms with Crippen LogP contribution in [0.5, 0.6) is 0 Å². The van der Waals surface area contributed by atoms with E-state index in [-0.39, 0.29) is 37.8 Å². The Morgan fingerprint density at radius 3 is 2.75 bits per heavy atom. The molecule has 0 aromatic rings. The number of ether oxygens (including phenoxy) is 1. The van der Waals surface area contributed by atoms with E-state index in [0.29, 0.717) is 5.17 Å². The van der Waals surface area contributed by atoms with Crippen molar-refractivity contribution in [2.75, 3.05) is 20.2 Å². The highest BCUT2D eigenvalue weighted by Crippen LogP contribution is 2.10. The molecule has 0 aromatic heterocycles. The van der Waals surface area contributed by atoms with E-state index in [9.17, 15) is 14.4 Å². The molecule has 1 saturated heterocycles. The van der Waals surface area contributed by atoms with Gasteiger partial charge in [-0.25, -0.2) is 15.2 Å². The first-order chi connectivity index (χ1) is 9.54. The van der Waals surface area contributed by atoms with Gasteiger partial charge >= 0.3 is 5.97 Å². The van der Waals surface area contributed by atoms with Crippen LogP contribution in [-0.4, -0.2) is 59.6 Å². The number of amides is 2. The molecule has 0 bridgehead atoms.